The lowest BCUT2D eigenvalue weighted by atomic mass is 10.2. The van der Waals surface area contributed by atoms with Crippen LogP contribution in [0.25, 0.3) is 0 Å². The Hall–Kier alpha value is -2.92. The van der Waals surface area contributed by atoms with E-state index < -0.39 is 0 Å². The number of nitrogens with zero attached hydrogens (tertiary/aromatic N) is 3. The average molecular weight is 474 g/mol. The van der Waals surface area contributed by atoms with Crippen LogP contribution in [0.1, 0.15) is 12.5 Å². The van der Waals surface area contributed by atoms with Crippen molar-refractivity contribution in [2.24, 2.45) is 0 Å². The molecule has 0 unspecified atom stereocenters. The standard InChI is InChI=1S/C22H24BrN3O4/c1-3-29-20-13-16(14-24)12-17(23)22(20)30-15-21(27)26-10-8-25(9-11-26)18-6-4-5-7-19(18)28-2/h4-7,12-13H,3,8-11,15H2,1-2H3. The van der Waals surface area contributed by atoms with Gasteiger partial charge in [-0.25, -0.2) is 0 Å². The summed E-state index contributed by atoms with van der Waals surface area (Å²) < 4.78 is 17.4. The molecular formula is C22H24BrN3O4. The van der Waals surface area contributed by atoms with Crippen molar-refractivity contribution in [2.75, 3.05) is 51.4 Å². The van der Waals surface area contributed by atoms with E-state index in [2.05, 4.69) is 26.9 Å². The van der Waals surface area contributed by atoms with Gasteiger partial charge in [0, 0.05) is 32.2 Å². The number of piperazine rings is 1. The van der Waals surface area contributed by atoms with Crippen LogP contribution in [0.5, 0.6) is 17.2 Å². The highest BCUT2D eigenvalue weighted by atomic mass is 79.9. The van der Waals surface area contributed by atoms with Gasteiger partial charge in [0.05, 0.1) is 35.5 Å². The zero-order valence-corrected chi connectivity index (χ0v) is 18.6. The third-order valence-electron chi connectivity index (χ3n) is 4.84. The van der Waals surface area contributed by atoms with Crippen molar-refractivity contribution in [3.8, 4) is 23.3 Å². The topological polar surface area (TPSA) is 75.0 Å². The number of carbonyl (C=O) groups is 1. The average Bonchev–Trinajstić information content (AvgIpc) is 2.78. The van der Waals surface area contributed by atoms with E-state index in [0.29, 0.717) is 41.2 Å². The lowest BCUT2D eigenvalue weighted by Crippen LogP contribution is -2.50. The summed E-state index contributed by atoms with van der Waals surface area (Å²) in [5.74, 6) is 1.61. The number of amides is 1. The van der Waals surface area contributed by atoms with Gasteiger partial charge in [0.2, 0.25) is 0 Å². The van der Waals surface area contributed by atoms with Crippen molar-refractivity contribution in [3.05, 3.63) is 46.4 Å². The molecule has 0 N–H and O–H groups in total. The highest BCUT2D eigenvalue weighted by Crippen LogP contribution is 2.37. The monoisotopic (exact) mass is 473 g/mol. The number of nitriles is 1. The maximum Gasteiger partial charge on any atom is 0.260 e. The van der Waals surface area contributed by atoms with E-state index >= 15 is 0 Å². The second kappa shape index (κ2) is 10.2. The molecule has 1 aliphatic rings. The molecule has 1 amide bonds. The number of hydrogen-bond donors (Lipinski definition) is 0. The molecule has 0 aromatic heterocycles. The third-order valence-corrected chi connectivity index (χ3v) is 5.43. The molecule has 0 atom stereocenters. The Morgan fingerprint density at radius 2 is 1.87 bits per heavy atom. The van der Waals surface area contributed by atoms with Crippen LogP contribution in [0, 0.1) is 11.3 Å². The first-order valence-electron chi connectivity index (χ1n) is 9.72. The molecule has 158 valence electrons. The van der Waals surface area contributed by atoms with Gasteiger partial charge in [-0.1, -0.05) is 12.1 Å². The van der Waals surface area contributed by atoms with Crippen LogP contribution in [0.4, 0.5) is 5.69 Å². The number of rotatable bonds is 7. The zero-order valence-electron chi connectivity index (χ0n) is 17.1. The molecule has 0 bridgehead atoms. The van der Waals surface area contributed by atoms with E-state index in [9.17, 15) is 4.79 Å². The van der Waals surface area contributed by atoms with E-state index in [1.165, 1.54) is 0 Å². The highest BCUT2D eigenvalue weighted by Gasteiger charge is 2.24. The summed E-state index contributed by atoms with van der Waals surface area (Å²) in [7, 11) is 1.66. The summed E-state index contributed by atoms with van der Waals surface area (Å²) in [6.45, 7) is 4.83. The van der Waals surface area contributed by atoms with Crippen LogP contribution in [-0.2, 0) is 4.79 Å². The molecule has 1 fully saturated rings. The van der Waals surface area contributed by atoms with Crippen LogP contribution in [0.2, 0.25) is 0 Å². The summed E-state index contributed by atoms with van der Waals surface area (Å²) in [6.07, 6.45) is 0. The van der Waals surface area contributed by atoms with E-state index in [1.807, 2.05) is 31.2 Å². The number of para-hydroxylation sites is 2. The number of ether oxygens (including phenoxy) is 3. The van der Waals surface area contributed by atoms with Crippen LogP contribution in [0.15, 0.2) is 40.9 Å². The van der Waals surface area contributed by atoms with Crippen molar-refractivity contribution in [3.63, 3.8) is 0 Å². The third kappa shape index (κ3) is 4.97. The molecule has 8 heteroatoms. The maximum atomic E-state index is 12.7. The number of methoxy groups -OCH3 is 1. The Kier molecular flexibility index (Phi) is 7.41. The number of carbonyl (C=O) groups excluding carboxylic acids is 1. The van der Waals surface area contributed by atoms with Gasteiger partial charge in [0.25, 0.3) is 5.91 Å². The summed E-state index contributed by atoms with van der Waals surface area (Å²) in [5.41, 5.74) is 1.49. The Bertz CT molecular complexity index is 936. The van der Waals surface area contributed by atoms with Gasteiger partial charge in [-0.3, -0.25) is 4.79 Å². The van der Waals surface area contributed by atoms with Crippen molar-refractivity contribution >= 4 is 27.5 Å². The fourth-order valence-corrected chi connectivity index (χ4v) is 3.91. The van der Waals surface area contributed by atoms with Crippen molar-refractivity contribution < 1.29 is 19.0 Å². The van der Waals surface area contributed by atoms with Crippen LogP contribution in [0.3, 0.4) is 0 Å². The van der Waals surface area contributed by atoms with Gasteiger partial charge in [0.1, 0.15) is 5.75 Å². The van der Waals surface area contributed by atoms with E-state index in [4.69, 9.17) is 19.5 Å². The minimum Gasteiger partial charge on any atom is -0.495 e. The lowest BCUT2D eigenvalue weighted by molar-refractivity contribution is -0.133. The highest BCUT2D eigenvalue weighted by molar-refractivity contribution is 9.10. The summed E-state index contributed by atoms with van der Waals surface area (Å²) in [5, 5.41) is 9.13. The molecule has 1 heterocycles. The van der Waals surface area contributed by atoms with Gasteiger partial charge >= 0.3 is 0 Å². The Labute approximate surface area is 184 Å². The number of hydrogen-bond acceptors (Lipinski definition) is 6. The molecule has 2 aromatic carbocycles. The van der Waals surface area contributed by atoms with Gasteiger partial charge in [-0.15, -0.1) is 0 Å². The number of anilines is 1. The van der Waals surface area contributed by atoms with Gasteiger partial charge in [-0.2, -0.15) is 5.26 Å². The van der Waals surface area contributed by atoms with Gasteiger partial charge < -0.3 is 24.0 Å². The molecule has 30 heavy (non-hydrogen) atoms. The van der Waals surface area contributed by atoms with E-state index in [1.54, 1.807) is 24.1 Å². The molecular weight excluding hydrogens is 450 g/mol. The molecule has 3 rings (SSSR count). The van der Waals surface area contributed by atoms with Crippen LogP contribution < -0.4 is 19.1 Å². The largest absolute Gasteiger partial charge is 0.495 e. The van der Waals surface area contributed by atoms with Crippen molar-refractivity contribution in [1.82, 2.24) is 4.90 Å². The Balaban J connectivity index is 1.60. The van der Waals surface area contributed by atoms with E-state index in [0.717, 1.165) is 24.5 Å². The van der Waals surface area contributed by atoms with Crippen molar-refractivity contribution in [1.29, 1.82) is 5.26 Å². The SMILES string of the molecule is CCOc1cc(C#N)cc(Br)c1OCC(=O)N1CCN(c2ccccc2OC)CC1. The lowest BCUT2D eigenvalue weighted by Gasteiger charge is -2.36. The summed E-state index contributed by atoms with van der Waals surface area (Å²) in [6, 6.07) is 13.2. The first kappa shape index (κ1) is 21.8. The molecule has 0 radical (unpaired) electrons. The molecule has 0 spiro atoms. The first-order chi connectivity index (χ1) is 14.6. The normalized spacial score (nSPS) is 13.5. The van der Waals surface area contributed by atoms with Crippen molar-refractivity contribution in [2.45, 2.75) is 6.92 Å². The minimum atomic E-state index is -0.0980. The Morgan fingerprint density at radius 1 is 1.13 bits per heavy atom. The van der Waals surface area contributed by atoms with Gasteiger partial charge in [0.15, 0.2) is 18.1 Å². The fraction of sp³-hybridized carbons (Fsp3) is 0.364. The predicted molar refractivity (Wildman–Crippen MR) is 117 cm³/mol. The summed E-state index contributed by atoms with van der Waals surface area (Å²) in [4.78, 5) is 16.7. The molecule has 2 aromatic rings. The maximum absolute atomic E-state index is 12.7. The molecule has 7 nitrogen and oxygen atoms in total. The number of halogens is 1. The summed E-state index contributed by atoms with van der Waals surface area (Å²) >= 11 is 3.40. The van der Waals surface area contributed by atoms with E-state index in [-0.39, 0.29) is 12.5 Å². The minimum absolute atomic E-state index is 0.0895. The first-order valence-corrected chi connectivity index (χ1v) is 10.5. The quantitative estimate of drug-likeness (QED) is 0.612. The molecule has 1 aliphatic heterocycles. The Morgan fingerprint density at radius 3 is 2.53 bits per heavy atom. The second-order valence-electron chi connectivity index (χ2n) is 6.66. The molecule has 0 aliphatic carbocycles. The van der Waals surface area contributed by atoms with Crippen LogP contribution >= 0.6 is 15.9 Å². The number of benzene rings is 2. The second-order valence-corrected chi connectivity index (χ2v) is 7.51. The predicted octanol–water partition coefficient (Wildman–Crippen LogP) is 3.46. The van der Waals surface area contributed by atoms with Crippen LogP contribution in [-0.4, -0.2) is 57.3 Å². The smallest absolute Gasteiger partial charge is 0.260 e. The molecule has 0 saturated carbocycles. The molecule has 1 saturated heterocycles. The zero-order chi connectivity index (χ0) is 21.5. The van der Waals surface area contributed by atoms with Gasteiger partial charge in [-0.05, 0) is 41.1 Å². The fourth-order valence-electron chi connectivity index (χ4n) is 3.35.